The molecule has 2 aromatic heterocycles. The van der Waals surface area contributed by atoms with Crippen molar-refractivity contribution in [2.24, 2.45) is 0 Å². The van der Waals surface area contributed by atoms with E-state index in [1.165, 1.54) is 31.7 Å². The SMILES string of the molecule is c1ccc(-c2oc3ccccc3c2-c2sc(-c3ccccc3)c3ccccc23)cc1. The number of thiophene rings is 1. The number of furan rings is 1. The lowest BCUT2D eigenvalue weighted by Crippen LogP contribution is -1.78. The normalized spacial score (nSPS) is 11.3. The molecule has 6 rings (SSSR count). The second-order valence-corrected chi connectivity index (χ2v) is 8.36. The van der Waals surface area contributed by atoms with Crippen LogP contribution < -0.4 is 0 Å². The Labute approximate surface area is 178 Å². The lowest BCUT2D eigenvalue weighted by Gasteiger charge is -2.03. The fourth-order valence-corrected chi connectivity index (χ4v) is 5.48. The molecular weight excluding hydrogens is 384 g/mol. The number of hydrogen-bond acceptors (Lipinski definition) is 2. The maximum atomic E-state index is 6.41. The van der Waals surface area contributed by atoms with E-state index >= 15 is 0 Å². The van der Waals surface area contributed by atoms with Crippen LogP contribution in [0.5, 0.6) is 0 Å². The molecule has 6 aromatic rings. The van der Waals surface area contributed by atoms with Crippen LogP contribution in [-0.4, -0.2) is 0 Å². The molecule has 0 unspecified atom stereocenters. The van der Waals surface area contributed by atoms with Crippen LogP contribution in [0.4, 0.5) is 0 Å². The Kier molecular flexibility index (Phi) is 4.03. The molecule has 0 atom stereocenters. The molecule has 0 aliphatic heterocycles. The Morgan fingerprint density at radius 1 is 0.467 bits per heavy atom. The first kappa shape index (κ1) is 17.3. The Balaban J connectivity index is 1.72. The smallest absolute Gasteiger partial charge is 0.144 e. The molecule has 0 saturated carbocycles. The van der Waals surface area contributed by atoms with Crippen molar-refractivity contribution in [3.05, 3.63) is 109 Å². The van der Waals surface area contributed by atoms with E-state index < -0.39 is 0 Å². The molecule has 0 saturated heterocycles. The highest BCUT2D eigenvalue weighted by molar-refractivity contribution is 7.21. The Bertz CT molecular complexity index is 1470. The fraction of sp³-hybridized carbons (Fsp3) is 0. The summed E-state index contributed by atoms with van der Waals surface area (Å²) in [5, 5.41) is 3.71. The molecule has 30 heavy (non-hydrogen) atoms. The third-order valence-electron chi connectivity index (χ3n) is 5.51. The third-order valence-corrected chi connectivity index (χ3v) is 6.80. The molecule has 0 fully saturated rings. The fourth-order valence-electron chi connectivity index (χ4n) is 4.14. The minimum absolute atomic E-state index is 0.921. The van der Waals surface area contributed by atoms with Gasteiger partial charge >= 0.3 is 0 Å². The second kappa shape index (κ2) is 7.01. The number of hydrogen-bond donors (Lipinski definition) is 0. The molecule has 0 radical (unpaired) electrons. The van der Waals surface area contributed by atoms with Gasteiger partial charge in [-0.2, -0.15) is 0 Å². The third kappa shape index (κ3) is 2.69. The van der Waals surface area contributed by atoms with Crippen molar-refractivity contribution in [1.82, 2.24) is 0 Å². The lowest BCUT2D eigenvalue weighted by atomic mass is 10.0. The van der Waals surface area contributed by atoms with Crippen LogP contribution in [-0.2, 0) is 0 Å². The zero-order chi connectivity index (χ0) is 19.9. The van der Waals surface area contributed by atoms with Crippen molar-refractivity contribution in [2.45, 2.75) is 0 Å². The van der Waals surface area contributed by atoms with E-state index in [1.54, 1.807) is 0 Å². The minimum Gasteiger partial charge on any atom is -0.455 e. The van der Waals surface area contributed by atoms with E-state index in [-0.39, 0.29) is 0 Å². The van der Waals surface area contributed by atoms with Crippen LogP contribution >= 0.6 is 11.3 Å². The van der Waals surface area contributed by atoms with E-state index in [0.29, 0.717) is 0 Å². The molecular formula is C28H18OS. The van der Waals surface area contributed by atoms with Gasteiger partial charge < -0.3 is 4.42 Å². The van der Waals surface area contributed by atoms with E-state index in [0.717, 1.165) is 22.3 Å². The first-order valence-electron chi connectivity index (χ1n) is 10.0. The van der Waals surface area contributed by atoms with E-state index in [9.17, 15) is 0 Å². The van der Waals surface area contributed by atoms with Crippen molar-refractivity contribution in [3.63, 3.8) is 0 Å². The molecule has 1 nitrogen and oxygen atoms in total. The molecule has 2 heterocycles. The maximum Gasteiger partial charge on any atom is 0.144 e. The van der Waals surface area contributed by atoms with Gasteiger partial charge in [-0.3, -0.25) is 0 Å². The quantitative estimate of drug-likeness (QED) is 0.289. The van der Waals surface area contributed by atoms with Crippen molar-refractivity contribution >= 4 is 33.1 Å². The topological polar surface area (TPSA) is 13.1 Å². The number of rotatable bonds is 3. The monoisotopic (exact) mass is 402 g/mol. The summed E-state index contributed by atoms with van der Waals surface area (Å²) in [5.74, 6) is 0.934. The average molecular weight is 403 g/mol. The number of fused-ring (bicyclic) bond motifs is 2. The zero-order valence-electron chi connectivity index (χ0n) is 16.2. The van der Waals surface area contributed by atoms with Gasteiger partial charge in [0, 0.05) is 37.0 Å². The molecule has 4 aromatic carbocycles. The summed E-state index contributed by atoms with van der Waals surface area (Å²) in [7, 11) is 0. The number of para-hydroxylation sites is 1. The van der Waals surface area contributed by atoms with Gasteiger partial charge in [0.05, 0.1) is 0 Å². The van der Waals surface area contributed by atoms with E-state index in [1.807, 2.05) is 23.5 Å². The van der Waals surface area contributed by atoms with Gasteiger partial charge in [0.15, 0.2) is 0 Å². The van der Waals surface area contributed by atoms with Crippen molar-refractivity contribution in [2.75, 3.05) is 0 Å². The molecule has 0 bridgehead atoms. The maximum absolute atomic E-state index is 6.41. The molecule has 0 N–H and O–H groups in total. The predicted octanol–water partition coefficient (Wildman–Crippen LogP) is 8.65. The molecule has 0 amide bonds. The summed E-state index contributed by atoms with van der Waals surface area (Å²) in [6.07, 6.45) is 0. The summed E-state index contributed by atoms with van der Waals surface area (Å²) in [6.45, 7) is 0. The largest absolute Gasteiger partial charge is 0.455 e. The summed E-state index contributed by atoms with van der Waals surface area (Å²) < 4.78 is 6.41. The standard InChI is InChI=1S/C28H18OS/c1-3-11-19(12-4-1)26-25(23-17-9-10-18-24(23)29-26)28-22-16-8-7-15-21(22)27(30-28)20-13-5-2-6-14-20/h1-18H. The molecule has 0 aliphatic rings. The summed E-state index contributed by atoms with van der Waals surface area (Å²) in [6, 6.07) is 38.1. The van der Waals surface area contributed by atoms with Crippen molar-refractivity contribution < 1.29 is 4.42 Å². The highest BCUT2D eigenvalue weighted by Gasteiger charge is 2.22. The van der Waals surface area contributed by atoms with Gasteiger partial charge in [0.2, 0.25) is 0 Å². The average Bonchev–Trinajstić information content (AvgIpc) is 3.39. The van der Waals surface area contributed by atoms with Gasteiger partial charge in [-0.25, -0.2) is 0 Å². The van der Waals surface area contributed by atoms with Crippen LogP contribution in [0.1, 0.15) is 0 Å². The number of benzene rings is 4. The molecule has 142 valence electrons. The molecule has 2 heteroatoms. The minimum atomic E-state index is 0.921. The summed E-state index contributed by atoms with van der Waals surface area (Å²) in [4.78, 5) is 2.55. The Hall–Kier alpha value is -3.62. The first-order chi connectivity index (χ1) is 14.9. The Morgan fingerprint density at radius 3 is 1.70 bits per heavy atom. The van der Waals surface area contributed by atoms with Crippen molar-refractivity contribution in [1.29, 1.82) is 0 Å². The van der Waals surface area contributed by atoms with Crippen LogP contribution in [0.3, 0.4) is 0 Å². The first-order valence-corrected chi connectivity index (χ1v) is 10.9. The van der Waals surface area contributed by atoms with Gasteiger partial charge in [-0.1, -0.05) is 103 Å². The Morgan fingerprint density at radius 2 is 1.00 bits per heavy atom. The zero-order valence-corrected chi connectivity index (χ0v) is 17.0. The van der Waals surface area contributed by atoms with E-state index in [2.05, 4.69) is 97.1 Å². The van der Waals surface area contributed by atoms with Crippen LogP contribution in [0, 0.1) is 0 Å². The van der Waals surface area contributed by atoms with Gasteiger partial charge in [-0.15, -0.1) is 11.3 Å². The second-order valence-electron chi connectivity index (χ2n) is 7.34. The van der Waals surface area contributed by atoms with Crippen LogP contribution in [0.25, 0.3) is 53.9 Å². The summed E-state index contributed by atoms with van der Waals surface area (Å²) >= 11 is 1.85. The van der Waals surface area contributed by atoms with Gasteiger partial charge in [0.1, 0.15) is 11.3 Å². The lowest BCUT2D eigenvalue weighted by molar-refractivity contribution is 0.632. The van der Waals surface area contributed by atoms with Crippen LogP contribution in [0.2, 0.25) is 0 Å². The summed E-state index contributed by atoms with van der Waals surface area (Å²) in [5.41, 5.74) is 4.45. The highest BCUT2D eigenvalue weighted by atomic mass is 32.1. The van der Waals surface area contributed by atoms with Gasteiger partial charge in [-0.05, 0) is 11.6 Å². The van der Waals surface area contributed by atoms with Crippen molar-refractivity contribution in [3.8, 4) is 32.2 Å². The molecule has 0 spiro atoms. The molecule has 0 aliphatic carbocycles. The predicted molar refractivity (Wildman–Crippen MR) is 128 cm³/mol. The van der Waals surface area contributed by atoms with E-state index in [4.69, 9.17) is 4.42 Å². The van der Waals surface area contributed by atoms with Crippen LogP contribution in [0.15, 0.2) is 114 Å². The van der Waals surface area contributed by atoms with Gasteiger partial charge in [0.25, 0.3) is 0 Å². The highest BCUT2D eigenvalue weighted by Crippen LogP contribution is 2.49.